The average molecular weight is 1000 g/mol. The second kappa shape index (κ2) is 30.2. The summed E-state index contributed by atoms with van der Waals surface area (Å²) in [5.74, 6) is -3.71. The van der Waals surface area contributed by atoms with E-state index in [4.69, 9.17) is 15.2 Å². The van der Waals surface area contributed by atoms with Crippen LogP contribution in [0.5, 0.6) is 0 Å². The monoisotopic (exact) mass is 1000 g/mol. The normalized spacial score (nSPS) is 16.6. The van der Waals surface area contributed by atoms with Gasteiger partial charge in [-0.25, -0.2) is 9.59 Å². The molecule has 400 valence electrons. The predicted molar refractivity (Wildman–Crippen MR) is 270 cm³/mol. The molecule has 2 unspecified atom stereocenters. The van der Waals surface area contributed by atoms with E-state index in [1.807, 2.05) is 20.8 Å². The van der Waals surface area contributed by atoms with Gasteiger partial charge in [-0.05, 0) is 73.5 Å². The van der Waals surface area contributed by atoms with Crippen molar-refractivity contribution in [1.29, 1.82) is 0 Å². The van der Waals surface area contributed by atoms with Gasteiger partial charge in [-0.2, -0.15) is 0 Å². The van der Waals surface area contributed by atoms with Gasteiger partial charge in [0.2, 0.25) is 41.4 Å². The molecule has 0 aliphatic carbocycles. The van der Waals surface area contributed by atoms with Crippen molar-refractivity contribution in [3.05, 3.63) is 29.8 Å². The molecule has 2 rings (SSSR count). The van der Waals surface area contributed by atoms with E-state index in [1.54, 1.807) is 77.9 Å². The van der Waals surface area contributed by atoms with Gasteiger partial charge >= 0.3 is 12.1 Å². The summed E-state index contributed by atoms with van der Waals surface area (Å²) in [6, 6.07) is 1.67. The number of nitrogens with two attached hydrogens (primary N) is 1. The Kier molecular flexibility index (Phi) is 26.1. The van der Waals surface area contributed by atoms with Crippen molar-refractivity contribution in [1.82, 2.24) is 36.0 Å². The molecule has 7 N–H and O–H groups in total. The van der Waals surface area contributed by atoms with Crippen molar-refractivity contribution in [2.24, 2.45) is 35.3 Å². The number of nitrogens with zero attached hydrogens (tertiary/aromatic N) is 3. The van der Waals surface area contributed by atoms with Crippen molar-refractivity contribution >= 4 is 59.2 Å². The minimum atomic E-state index is -1.07. The molecule has 0 saturated carbocycles. The Hall–Kier alpha value is -5.79. The molecular formula is C51H85N9O11. The molecule has 0 bridgehead atoms. The fraction of sp³-hybridized carbons (Fsp3) is 0.706. The highest BCUT2D eigenvalue weighted by atomic mass is 16.6. The molecule has 71 heavy (non-hydrogen) atoms. The fourth-order valence-electron chi connectivity index (χ4n) is 8.75. The number of unbranched alkanes of at least 4 members (excludes halogenated alkanes) is 2. The molecule has 0 aromatic heterocycles. The average Bonchev–Trinajstić information content (AvgIpc) is 3.56. The highest BCUT2D eigenvalue weighted by molar-refractivity contribution is 6.03. The lowest BCUT2D eigenvalue weighted by molar-refractivity contribution is -0.143. The van der Waals surface area contributed by atoms with Crippen molar-refractivity contribution in [3.8, 4) is 0 Å². The Morgan fingerprint density at radius 3 is 1.93 bits per heavy atom. The Bertz CT molecular complexity index is 1940. The van der Waals surface area contributed by atoms with E-state index in [0.29, 0.717) is 43.5 Å². The fourth-order valence-corrected chi connectivity index (χ4v) is 8.75. The van der Waals surface area contributed by atoms with E-state index < -0.39 is 54.0 Å². The summed E-state index contributed by atoms with van der Waals surface area (Å²) in [5, 5.41) is 13.7. The number of nitrogens with one attached hydrogen (secondary N) is 5. The molecule has 8 atom stereocenters. The second-order valence-corrected chi connectivity index (χ2v) is 19.9. The van der Waals surface area contributed by atoms with Crippen LogP contribution in [0.2, 0.25) is 0 Å². The van der Waals surface area contributed by atoms with Crippen LogP contribution in [-0.2, 0) is 49.6 Å². The number of ether oxygens (including phenoxy) is 2. The van der Waals surface area contributed by atoms with Gasteiger partial charge in [0.1, 0.15) is 30.8 Å². The molecule has 1 aromatic carbocycles. The van der Waals surface area contributed by atoms with Gasteiger partial charge in [0.05, 0.1) is 12.1 Å². The maximum Gasteiger partial charge on any atom is 0.410 e. The lowest BCUT2D eigenvalue weighted by Gasteiger charge is -2.40. The highest BCUT2D eigenvalue weighted by Gasteiger charge is 2.39. The quantitative estimate of drug-likeness (QED) is 0.0455. The summed E-state index contributed by atoms with van der Waals surface area (Å²) in [7, 11) is 4.85. The summed E-state index contributed by atoms with van der Waals surface area (Å²) >= 11 is 0. The Labute approximate surface area is 421 Å². The molecule has 10 amide bonds. The van der Waals surface area contributed by atoms with Crippen LogP contribution in [0.1, 0.15) is 133 Å². The molecule has 1 aromatic rings. The second-order valence-electron chi connectivity index (χ2n) is 19.9. The van der Waals surface area contributed by atoms with E-state index in [9.17, 15) is 43.2 Å². The minimum absolute atomic E-state index is 0.117. The van der Waals surface area contributed by atoms with Gasteiger partial charge in [-0.3, -0.25) is 43.4 Å². The smallest absolute Gasteiger partial charge is 0.410 e. The van der Waals surface area contributed by atoms with Crippen molar-refractivity contribution in [2.45, 2.75) is 170 Å². The largest absolute Gasteiger partial charge is 0.445 e. The number of benzene rings is 1. The third-order valence-corrected chi connectivity index (χ3v) is 13.1. The van der Waals surface area contributed by atoms with E-state index in [1.165, 1.54) is 16.8 Å². The van der Waals surface area contributed by atoms with Crippen LogP contribution in [-0.4, -0.2) is 139 Å². The van der Waals surface area contributed by atoms with E-state index >= 15 is 0 Å². The van der Waals surface area contributed by atoms with E-state index in [2.05, 4.69) is 40.4 Å². The lowest BCUT2D eigenvalue weighted by Crippen LogP contribution is -2.60. The molecule has 1 fully saturated rings. The number of carbonyl (C=O) groups excluding carboxylic acids is 9. The number of methoxy groups -OCH3 is 1. The third kappa shape index (κ3) is 19.1. The number of amides is 10. The number of carbonyl (C=O) groups is 9. The summed E-state index contributed by atoms with van der Waals surface area (Å²) in [6.45, 7) is 19.0. The molecule has 20 nitrogen and oxygen atoms in total. The lowest BCUT2D eigenvalue weighted by atomic mass is 9.90. The van der Waals surface area contributed by atoms with Gasteiger partial charge < -0.3 is 46.7 Å². The van der Waals surface area contributed by atoms with Crippen LogP contribution in [0, 0.1) is 29.6 Å². The van der Waals surface area contributed by atoms with Crippen LogP contribution >= 0.6 is 0 Å². The number of likely N-dealkylation sites (N-methyl/N-ethyl adjacent to an activating group) is 2. The zero-order chi connectivity index (χ0) is 53.7. The van der Waals surface area contributed by atoms with E-state index in [-0.39, 0.29) is 104 Å². The van der Waals surface area contributed by atoms with Crippen molar-refractivity contribution in [3.63, 3.8) is 0 Å². The van der Waals surface area contributed by atoms with Gasteiger partial charge in [-0.1, -0.05) is 94.2 Å². The van der Waals surface area contributed by atoms with Gasteiger partial charge in [-0.15, -0.1) is 0 Å². The Balaban J connectivity index is 2.08. The summed E-state index contributed by atoms with van der Waals surface area (Å²) in [4.78, 5) is 121. The molecule has 1 aliphatic heterocycles. The van der Waals surface area contributed by atoms with Gasteiger partial charge in [0, 0.05) is 58.7 Å². The number of anilines is 1. The van der Waals surface area contributed by atoms with Crippen LogP contribution in [0.3, 0.4) is 0 Å². The maximum absolute atomic E-state index is 14.0. The summed E-state index contributed by atoms with van der Waals surface area (Å²) < 4.78 is 11.4. The van der Waals surface area contributed by atoms with Gasteiger partial charge in [0.15, 0.2) is 0 Å². The van der Waals surface area contributed by atoms with Crippen LogP contribution in [0.15, 0.2) is 24.3 Å². The Morgan fingerprint density at radius 1 is 0.775 bits per heavy atom. The molecule has 1 heterocycles. The number of rotatable bonds is 30. The maximum atomic E-state index is 14.0. The van der Waals surface area contributed by atoms with Crippen LogP contribution in [0.25, 0.3) is 0 Å². The molecule has 20 heteroatoms. The molecule has 0 spiro atoms. The SMILES string of the molecule is CC[C@H](C)[C@@H]([C@@H](CC)OC)N(C)C(=O)[C@@H](NC(=O)C(C(C)C)N(C)C(=O)OCc1ccc(NC(=O)[C@H](CCCNC(N)=O)NC(=O)[C@@H](NC(=O)CCCCCN2C(=O)CC(C)C2=O)C(C)C)cc1)C(C)C. The zero-order valence-electron chi connectivity index (χ0n) is 44.6. The standard InChI is InChI=1S/C51H85N9O11/c1-14-33(9)44(38(15-2)70-13)58(11)49(67)42(31(5)6)57-47(65)43(32(7)8)59(12)51(69)71-29-35-22-24-36(25-23-35)54-45(63)37(20-19-26-53-50(52)68)55-46(64)41(30(3)4)56-39(61)21-17-16-18-27-60-40(62)28-34(10)48(60)66/h22-25,30-34,37-38,41-44H,14-21,26-29H2,1-13H3,(H,54,63)(H,55,64)(H,56,61)(H,57,65)(H3,52,53,68)/t33-,34?,37-,38+,41-,42-,43?,44-/m0/s1. The van der Waals surface area contributed by atoms with Crippen LogP contribution < -0.4 is 32.3 Å². The molecule has 0 radical (unpaired) electrons. The first kappa shape index (κ1) is 61.3. The summed E-state index contributed by atoms with van der Waals surface area (Å²) in [5.41, 5.74) is 6.16. The molecule has 1 saturated heterocycles. The van der Waals surface area contributed by atoms with Crippen LogP contribution in [0.4, 0.5) is 15.3 Å². The third-order valence-electron chi connectivity index (χ3n) is 13.1. The molecular weight excluding hydrogens is 915 g/mol. The number of hydrogen-bond acceptors (Lipinski definition) is 11. The highest BCUT2D eigenvalue weighted by Crippen LogP contribution is 2.24. The number of likely N-dealkylation sites (tertiary alicyclic amines) is 1. The Morgan fingerprint density at radius 2 is 1.41 bits per heavy atom. The first-order valence-corrected chi connectivity index (χ1v) is 25.3. The van der Waals surface area contributed by atoms with E-state index in [0.717, 1.165) is 6.42 Å². The predicted octanol–water partition coefficient (Wildman–Crippen LogP) is 4.69. The van der Waals surface area contributed by atoms with Gasteiger partial charge in [0.25, 0.3) is 0 Å². The van der Waals surface area contributed by atoms with Crippen molar-refractivity contribution in [2.75, 3.05) is 39.6 Å². The zero-order valence-corrected chi connectivity index (χ0v) is 44.6. The number of urea groups is 1. The topological polar surface area (TPSA) is 268 Å². The molecule has 1 aliphatic rings. The first-order valence-electron chi connectivity index (χ1n) is 25.3. The number of primary amides is 1. The number of hydrogen-bond donors (Lipinski definition) is 6. The summed E-state index contributed by atoms with van der Waals surface area (Å²) in [6.07, 6.45) is 2.95. The minimum Gasteiger partial charge on any atom is -0.445 e. The first-order chi connectivity index (χ1) is 33.4. The number of imide groups is 1. The van der Waals surface area contributed by atoms with Crippen molar-refractivity contribution < 1.29 is 52.6 Å².